The fraction of sp³-hybridized carbons (Fsp3) is 0.765. The number of thiophene rings is 1. The van der Waals surface area contributed by atoms with Gasteiger partial charge in [-0.25, -0.2) is 0 Å². The summed E-state index contributed by atoms with van der Waals surface area (Å²) in [4.78, 5) is 3.73. The van der Waals surface area contributed by atoms with E-state index in [9.17, 15) is 5.11 Å². The predicted molar refractivity (Wildman–Crippen MR) is 86.6 cm³/mol. The zero-order valence-electron chi connectivity index (χ0n) is 13.0. The first-order chi connectivity index (χ1) is 10.2. The van der Waals surface area contributed by atoms with E-state index in [0.29, 0.717) is 11.3 Å². The predicted octanol–water partition coefficient (Wildman–Crippen LogP) is 3.31. The number of piperidine rings is 1. The third-order valence-corrected chi connectivity index (χ3v) is 6.16. The Morgan fingerprint density at radius 1 is 1.38 bits per heavy atom. The maximum atomic E-state index is 10.5. The number of rotatable bonds is 4. The largest absolute Gasteiger partial charge is 0.387 e. The Labute approximate surface area is 131 Å². The van der Waals surface area contributed by atoms with Crippen LogP contribution in [0.3, 0.4) is 0 Å². The lowest BCUT2D eigenvalue weighted by Crippen LogP contribution is -2.43. The van der Waals surface area contributed by atoms with Crippen LogP contribution in [0.5, 0.6) is 0 Å². The second-order valence-corrected chi connectivity index (χ2v) is 7.98. The molecule has 3 nitrogen and oxygen atoms in total. The third-order valence-electron chi connectivity index (χ3n) is 5.22. The summed E-state index contributed by atoms with van der Waals surface area (Å²) in [6.45, 7) is 7.70. The van der Waals surface area contributed by atoms with Gasteiger partial charge in [0.05, 0.1) is 6.10 Å². The van der Waals surface area contributed by atoms with Crippen molar-refractivity contribution in [3.8, 4) is 0 Å². The Hall–Kier alpha value is -0.420. The maximum absolute atomic E-state index is 10.5. The van der Waals surface area contributed by atoms with Gasteiger partial charge in [0.25, 0.3) is 0 Å². The van der Waals surface area contributed by atoms with E-state index in [0.717, 1.165) is 44.0 Å². The summed E-state index contributed by atoms with van der Waals surface area (Å²) < 4.78 is 5.49. The summed E-state index contributed by atoms with van der Waals surface area (Å²) in [5.74, 6) is 0.433. The summed E-state index contributed by atoms with van der Waals surface area (Å²) in [6, 6.07) is 4.09. The second-order valence-electron chi connectivity index (χ2n) is 7.00. The average Bonchev–Trinajstić information content (AvgIpc) is 3.02. The first-order valence-corrected chi connectivity index (χ1v) is 9.06. The van der Waals surface area contributed by atoms with Crippen LogP contribution in [0, 0.1) is 11.3 Å². The SMILES string of the molecule is CC1(CN2CCC(C(O)c3cccs3)CC2)CCOCC1. The number of aliphatic hydroxyl groups is 1. The summed E-state index contributed by atoms with van der Waals surface area (Å²) in [5, 5.41) is 12.5. The molecule has 118 valence electrons. The molecule has 2 saturated heterocycles. The van der Waals surface area contributed by atoms with Crippen LogP contribution in [0.15, 0.2) is 17.5 Å². The van der Waals surface area contributed by atoms with Crippen molar-refractivity contribution in [2.45, 2.75) is 38.7 Å². The highest BCUT2D eigenvalue weighted by Crippen LogP contribution is 2.35. The fourth-order valence-corrected chi connectivity index (χ4v) is 4.48. The number of ether oxygens (including phenoxy) is 1. The van der Waals surface area contributed by atoms with Gasteiger partial charge in [0.15, 0.2) is 0 Å². The molecule has 0 aliphatic carbocycles. The molecule has 1 aromatic heterocycles. The van der Waals surface area contributed by atoms with E-state index in [1.54, 1.807) is 11.3 Å². The Morgan fingerprint density at radius 3 is 2.71 bits per heavy atom. The monoisotopic (exact) mass is 309 g/mol. The van der Waals surface area contributed by atoms with Gasteiger partial charge < -0.3 is 14.7 Å². The Balaban J connectivity index is 1.48. The van der Waals surface area contributed by atoms with E-state index < -0.39 is 0 Å². The second kappa shape index (κ2) is 6.78. The van der Waals surface area contributed by atoms with E-state index in [1.165, 1.54) is 19.4 Å². The molecule has 2 aliphatic heterocycles. The lowest BCUT2D eigenvalue weighted by molar-refractivity contribution is -0.00768. The standard InChI is InChI=1S/C17H27NO2S/c1-17(6-10-20-11-7-17)13-18-8-4-14(5-9-18)16(19)15-3-2-12-21-15/h2-3,12,14,16,19H,4-11,13H2,1H3. The molecule has 3 rings (SSSR count). The molecular weight excluding hydrogens is 282 g/mol. The van der Waals surface area contributed by atoms with Crippen molar-refractivity contribution in [2.75, 3.05) is 32.8 Å². The van der Waals surface area contributed by atoms with Gasteiger partial charge >= 0.3 is 0 Å². The molecule has 2 fully saturated rings. The van der Waals surface area contributed by atoms with Crippen molar-refractivity contribution < 1.29 is 9.84 Å². The van der Waals surface area contributed by atoms with Crippen LogP contribution >= 0.6 is 11.3 Å². The van der Waals surface area contributed by atoms with Crippen LogP contribution in [0.1, 0.15) is 43.6 Å². The van der Waals surface area contributed by atoms with Gasteiger partial charge in [-0.3, -0.25) is 0 Å². The molecular formula is C17H27NO2S. The highest BCUT2D eigenvalue weighted by Gasteiger charge is 2.32. The fourth-order valence-electron chi connectivity index (χ4n) is 3.68. The summed E-state index contributed by atoms with van der Waals surface area (Å²) in [6.07, 6.45) is 4.35. The van der Waals surface area contributed by atoms with Gasteiger partial charge in [-0.15, -0.1) is 11.3 Å². The summed E-state index contributed by atoms with van der Waals surface area (Å²) in [7, 11) is 0. The minimum atomic E-state index is -0.259. The van der Waals surface area contributed by atoms with Crippen molar-refractivity contribution in [3.63, 3.8) is 0 Å². The minimum absolute atomic E-state index is 0.259. The van der Waals surface area contributed by atoms with Crippen molar-refractivity contribution in [2.24, 2.45) is 11.3 Å². The maximum Gasteiger partial charge on any atom is 0.0910 e. The molecule has 0 saturated carbocycles. The molecule has 0 aromatic carbocycles. The van der Waals surface area contributed by atoms with Crippen molar-refractivity contribution >= 4 is 11.3 Å². The zero-order valence-corrected chi connectivity index (χ0v) is 13.8. The van der Waals surface area contributed by atoms with Crippen molar-refractivity contribution in [1.29, 1.82) is 0 Å². The minimum Gasteiger partial charge on any atom is -0.387 e. The van der Waals surface area contributed by atoms with Crippen LogP contribution in [0.25, 0.3) is 0 Å². The average molecular weight is 309 g/mol. The molecule has 1 aromatic rings. The topological polar surface area (TPSA) is 32.7 Å². The number of likely N-dealkylation sites (tertiary alicyclic amines) is 1. The van der Waals surface area contributed by atoms with Crippen LogP contribution in [0.2, 0.25) is 0 Å². The number of aliphatic hydroxyl groups excluding tert-OH is 1. The van der Waals surface area contributed by atoms with E-state index in [4.69, 9.17) is 4.74 Å². The molecule has 0 bridgehead atoms. The van der Waals surface area contributed by atoms with E-state index in [-0.39, 0.29) is 6.10 Å². The highest BCUT2D eigenvalue weighted by molar-refractivity contribution is 7.10. The molecule has 0 spiro atoms. The molecule has 2 aliphatic rings. The summed E-state index contributed by atoms with van der Waals surface area (Å²) >= 11 is 1.68. The van der Waals surface area contributed by atoms with Gasteiger partial charge in [0.1, 0.15) is 0 Å². The van der Waals surface area contributed by atoms with Crippen LogP contribution in [-0.4, -0.2) is 42.9 Å². The van der Waals surface area contributed by atoms with Crippen LogP contribution in [-0.2, 0) is 4.74 Å². The Morgan fingerprint density at radius 2 is 2.10 bits per heavy atom. The van der Waals surface area contributed by atoms with Crippen molar-refractivity contribution in [3.05, 3.63) is 22.4 Å². The first-order valence-electron chi connectivity index (χ1n) is 8.18. The van der Waals surface area contributed by atoms with E-state index in [2.05, 4.69) is 23.3 Å². The van der Waals surface area contributed by atoms with Gasteiger partial charge in [-0.2, -0.15) is 0 Å². The number of hydrogen-bond acceptors (Lipinski definition) is 4. The van der Waals surface area contributed by atoms with E-state index in [1.807, 2.05) is 6.07 Å². The van der Waals surface area contributed by atoms with Gasteiger partial charge in [0.2, 0.25) is 0 Å². The third kappa shape index (κ3) is 3.86. The Bertz CT molecular complexity index is 420. The smallest absolute Gasteiger partial charge is 0.0910 e. The lowest BCUT2D eigenvalue weighted by Gasteiger charge is -2.41. The Kier molecular flexibility index (Phi) is 4.99. The van der Waals surface area contributed by atoms with Gasteiger partial charge in [0, 0.05) is 24.6 Å². The molecule has 1 unspecified atom stereocenters. The molecule has 0 amide bonds. The van der Waals surface area contributed by atoms with Crippen LogP contribution in [0.4, 0.5) is 0 Å². The van der Waals surface area contributed by atoms with Crippen LogP contribution < -0.4 is 0 Å². The molecule has 0 radical (unpaired) electrons. The molecule has 1 atom stereocenters. The molecule has 4 heteroatoms. The van der Waals surface area contributed by atoms with Gasteiger partial charge in [-0.1, -0.05) is 13.0 Å². The molecule has 1 N–H and O–H groups in total. The summed E-state index contributed by atoms with van der Waals surface area (Å²) in [5.41, 5.74) is 0.428. The highest BCUT2D eigenvalue weighted by atomic mass is 32.1. The quantitative estimate of drug-likeness (QED) is 0.926. The van der Waals surface area contributed by atoms with E-state index >= 15 is 0 Å². The first kappa shape index (κ1) is 15.5. The van der Waals surface area contributed by atoms with Crippen molar-refractivity contribution in [1.82, 2.24) is 4.90 Å². The zero-order chi connectivity index (χ0) is 14.7. The number of nitrogens with zero attached hydrogens (tertiary/aromatic N) is 1. The van der Waals surface area contributed by atoms with Gasteiger partial charge in [-0.05, 0) is 61.6 Å². The molecule has 3 heterocycles. The normalized spacial score (nSPS) is 25.8. The molecule has 21 heavy (non-hydrogen) atoms. The number of hydrogen-bond donors (Lipinski definition) is 1. The lowest BCUT2D eigenvalue weighted by atomic mass is 9.81.